The van der Waals surface area contributed by atoms with Gasteiger partial charge in [0.15, 0.2) is 0 Å². The molecule has 2 aromatic carbocycles. The summed E-state index contributed by atoms with van der Waals surface area (Å²) in [5.74, 6) is 0.496. The molecule has 0 saturated heterocycles. The number of aryl methyl sites for hydroxylation is 1. The van der Waals surface area contributed by atoms with Crippen LogP contribution in [0.5, 0.6) is 5.75 Å². The molecule has 0 aliphatic carbocycles. The average Bonchev–Trinajstić information content (AvgIpc) is 2.56. The zero-order valence-corrected chi connectivity index (χ0v) is 16.2. The highest BCUT2D eigenvalue weighted by Gasteiger charge is 2.20. The van der Waals surface area contributed by atoms with Crippen molar-refractivity contribution in [2.75, 3.05) is 17.1 Å². The molecule has 0 heterocycles. The second kappa shape index (κ2) is 8.23. The van der Waals surface area contributed by atoms with Gasteiger partial charge in [0.05, 0.1) is 17.7 Å². The number of para-hydroxylation sites is 2. The Balaban J connectivity index is 2.31. The number of hydrogen-bond acceptors (Lipinski definition) is 4. The first-order valence-corrected chi connectivity index (χ1v) is 9.77. The summed E-state index contributed by atoms with van der Waals surface area (Å²) in [6, 6.07) is 11.6. The molecule has 6 nitrogen and oxygen atoms in total. The monoisotopic (exact) mass is 376 g/mol. The molecule has 2 rings (SSSR count). The van der Waals surface area contributed by atoms with Crippen molar-refractivity contribution < 1.29 is 17.9 Å². The molecule has 2 N–H and O–H groups in total. The molecule has 2 aromatic rings. The lowest BCUT2D eigenvalue weighted by Gasteiger charge is -2.14. The Kier molecular flexibility index (Phi) is 6.26. The second-order valence-corrected chi connectivity index (χ2v) is 8.08. The van der Waals surface area contributed by atoms with E-state index in [0.717, 1.165) is 0 Å². The number of nitrogens with one attached hydrogen (secondary N) is 2. The van der Waals surface area contributed by atoms with Gasteiger partial charge in [-0.05, 0) is 42.7 Å². The Morgan fingerprint density at radius 2 is 1.85 bits per heavy atom. The van der Waals surface area contributed by atoms with Gasteiger partial charge in [-0.25, -0.2) is 8.42 Å². The molecule has 0 aliphatic rings. The summed E-state index contributed by atoms with van der Waals surface area (Å²) >= 11 is 0. The van der Waals surface area contributed by atoms with E-state index in [1.807, 2.05) is 13.8 Å². The fraction of sp³-hybridized carbons (Fsp3) is 0.316. The average molecular weight is 376 g/mol. The van der Waals surface area contributed by atoms with E-state index in [0.29, 0.717) is 29.1 Å². The number of carbonyl (C=O) groups is 1. The smallest absolute Gasteiger partial charge is 0.262 e. The molecule has 1 amide bonds. The molecule has 0 aliphatic heterocycles. The third-order valence-electron chi connectivity index (χ3n) is 3.71. The van der Waals surface area contributed by atoms with E-state index >= 15 is 0 Å². The normalized spacial score (nSPS) is 11.3. The minimum absolute atomic E-state index is 0.103. The van der Waals surface area contributed by atoms with Gasteiger partial charge in [0.2, 0.25) is 5.91 Å². The largest absolute Gasteiger partial charge is 0.495 e. The summed E-state index contributed by atoms with van der Waals surface area (Å²) in [4.78, 5) is 12.1. The van der Waals surface area contributed by atoms with Crippen LogP contribution in [-0.2, 0) is 14.8 Å². The summed E-state index contributed by atoms with van der Waals surface area (Å²) in [5.41, 5.74) is 1.37. The zero-order valence-electron chi connectivity index (χ0n) is 15.4. The fourth-order valence-corrected chi connectivity index (χ4v) is 3.82. The summed E-state index contributed by atoms with van der Waals surface area (Å²) in [6.45, 7) is 5.60. The van der Waals surface area contributed by atoms with Gasteiger partial charge < -0.3 is 10.1 Å². The first kappa shape index (κ1) is 19.8. The minimum Gasteiger partial charge on any atom is -0.495 e. The summed E-state index contributed by atoms with van der Waals surface area (Å²) in [5, 5.41) is 2.74. The maximum Gasteiger partial charge on any atom is 0.262 e. The van der Waals surface area contributed by atoms with Crippen LogP contribution in [0.1, 0.15) is 25.8 Å². The lowest BCUT2D eigenvalue weighted by Crippen LogP contribution is -2.17. The van der Waals surface area contributed by atoms with Crippen molar-refractivity contribution in [2.45, 2.75) is 32.1 Å². The van der Waals surface area contributed by atoms with Crippen LogP contribution in [0.4, 0.5) is 11.4 Å². The predicted octanol–water partition coefficient (Wildman–Crippen LogP) is 3.79. The van der Waals surface area contributed by atoms with E-state index in [1.54, 1.807) is 43.3 Å². The van der Waals surface area contributed by atoms with Gasteiger partial charge in [0, 0.05) is 12.1 Å². The Morgan fingerprint density at radius 3 is 2.50 bits per heavy atom. The quantitative estimate of drug-likeness (QED) is 0.770. The maximum absolute atomic E-state index is 12.8. The van der Waals surface area contributed by atoms with Crippen molar-refractivity contribution >= 4 is 27.3 Å². The molecular formula is C19H24N2O4S. The molecule has 0 radical (unpaired) electrons. The Hall–Kier alpha value is -2.54. The second-order valence-electron chi connectivity index (χ2n) is 6.43. The van der Waals surface area contributed by atoms with Gasteiger partial charge >= 0.3 is 0 Å². The maximum atomic E-state index is 12.8. The summed E-state index contributed by atoms with van der Waals surface area (Å²) in [7, 11) is -2.36. The van der Waals surface area contributed by atoms with Crippen molar-refractivity contribution in [3.05, 3.63) is 48.0 Å². The van der Waals surface area contributed by atoms with Crippen LogP contribution < -0.4 is 14.8 Å². The molecule has 140 valence electrons. The van der Waals surface area contributed by atoms with Crippen LogP contribution in [0.2, 0.25) is 0 Å². The predicted molar refractivity (Wildman–Crippen MR) is 103 cm³/mol. The molecular weight excluding hydrogens is 352 g/mol. The highest BCUT2D eigenvalue weighted by atomic mass is 32.2. The highest BCUT2D eigenvalue weighted by molar-refractivity contribution is 7.92. The number of sulfonamides is 1. The number of methoxy groups -OCH3 is 1. The molecule has 0 unspecified atom stereocenters. The van der Waals surface area contributed by atoms with E-state index in [4.69, 9.17) is 4.74 Å². The molecule has 0 spiro atoms. The van der Waals surface area contributed by atoms with Crippen molar-refractivity contribution in [3.8, 4) is 5.75 Å². The zero-order chi connectivity index (χ0) is 19.3. The fourth-order valence-electron chi connectivity index (χ4n) is 2.48. The standard InChI is InChI=1S/C19H24N2O4S/c1-13(2)11-19(22)20-15-10-9-14(3)18(12-15)26(23,24)21-16-7-5-6-8-17(16)25-4/h5-10,12-13,21H,11H2,1-4H3,(H,20,22). The van der Waals surface area contributed by atoms with Crippen molar-refractivity contribution in [3.63, 3.8) is 0 Å². The third-order valence-corrected chi connectivity index (χ3v) is 5.21. The van der Waals surface area contributed by atoms with Crippen LogP contribution in [0, 0.1) is 12.8 Å². The summed E-state index contributed by atoms with van der Waals surface area (Å²) in [6.07, 6.45) is 0.370. The van der Waals surface area contributed by atoms with Crippen LogP contribution in [-0.4, -0.2) is 21.4 Å². The van der Waals surface area contributed by atoms with Gasteiger partial charge in [0.25, 0.3) is 10.0 Å². The highest BCUT2D eigenvalue weighted by Crippen LogP contribution is 2.28. The number of anilines is 2. The van der Waals surface area contributed by atoms with Crippen LogP contribution in [0.25, 0.3) is 0 Å². The third kappa shape index (κ3) is 4.98. The van der Waals surface area contributed by atoms with E-state index in [1.165, 1.54) is 13.2 Å². The number of rotatable bonds is 7. The first-order valence-electron chi connectivity index (χ1n) is 8.29. The molecule has 0 fully saturated rings. The molecule has 7 heteroatoms. The van der Waals surface area contributed by atoms with Gasteiger partial charge in [0.1, 0.15) is 5.75 Å². The van der Waals surface area contributed by atoms with Gasteiger partial charge in [-0.2, -0.15) is 0 Å². The number of ether oxygens (including phenoxy) is 1. The number of carbonyl (C=O) groups excluding carboxylic acids is 1. The molecule has 0 atom stereocenters. The van der Waals surface area contributed by atoms with Crippen molar-refractivity contribution in [1.29, 1.82) is 0 Å². The lowest BCUT2D eigenvalue weighted by atomic mass is 10.1. The van der Waals surface area contributed by atoms with E-state index in [-0.39, 0.29) is 16.7 Å². The van der Waals surface area contributed by atoms with Gasteiger partial charge in [-0.15, -0.1) is 0 Å². The number of hydrogen-bond donors (Lipinski definition) is 2. The molecule has 0 aromatic heterocycles. The Labute approximate surface area is 154 Å². The number of benzene rings is 2. The minimum atomic E-state index is -3.84. The van der Waals surface area contributed by atoms with Crippen LogP contribution in [0.15, 0.2) is 47.4 Å². The lowest BCUT2D eigenvalue weighted by molar-refractivity contribution is -0.116. The number of amides is 1. The first-order chi connectivity index (χ1) is 12.2. The Bertz CT molecular complexity index is 892. The van der Waals surface area contributed by atoms with Crippen LogP contribution >= 0.6 is 0 Å². The summed E-state index contributed by atoms with van der Waals surface area (Å²) < 4.78 is 33.4. The molecule has 0 bridgehead atoms. The van der Waals surface area contributed by atoms with E-state index in [9.17, 15) is 13.2 Å². The van der Waals surface area contributed by atoms with Gasteiger partial charge in [-0.3, -0.25) is 9.52 Å². The molecule has 0 saturated carbocycles. The molecule has 26 heavy (non-hydrogen) atoms. The SMILES string of the molecule is COc1ccccc1NS(=O)(=O)c1cc(NC(=O)CC(C)C)ccc1C. The van der Waals surface area contributed by atoms with Crippen LogP contribution in [0.3, 0.4) is 0 Å². The van der Waals surface area contributed by atoms with E-state index in [2.05, 4.69) is 10.0 Å². The van der Waals surface area contributed by atoms with Crippen molar-refractivity contribution in [2.24, 2.45) is 5.92 Å². The topological polar surface area (TPSA) is 84.5 Å². The van der Waals surface area contributed by atoms with Gasteiger partial charge in [-0.1, -0.05) is 32.0 Å². The Morgan fingerprint density at radius 1 is 1.15 bits per heavy atom. The van der Waals surface area contributed by atoms with Crippen molar-refractivity contribution in [1.82, 2.24) is 0 Å². The van der Waals surface area contributed by atoms with E-state index < -0.39 is 10.0 Å².